The van der Waals surface area contributed by atoms with E-state index in [1.807, 2.05) is 73.7 Å². The number of nitrogens with one attached hydrogen (secondary N) is 1. The van der Waals surface area contributed by atoms with Crippen LogP contribution in [0.4, 0.5) is 0 Å². The Morgan fingerprint density at radius 3 is 1.94 bits per heavy atom. The molecule has 0 aliphatic heterocycles. The molecule has 0 bridgehead atoms. The van der Waals surface area contributed by atoms with Gasteiger partial charge in [-0.05, 0) is 48.4 Å². The van der Waals surface area contributed by atoms with Crippen LogP contribution >= 0.6 is 0 Å². The fraction of sp³-hybridized carbons (Fsp3) is 0.0323. The summed E-state index contributed by atoms with van der Waals surface area (Å²) < 4.78 is 2.24. The molecule has 0 aliphatic rings. The van der Waals surface area contributed by atoms with Crippen LogP contribution in [-0.2, 0) is 0 Å². The molecular weight excluding hydrogens is 430 g/mol. The normalized spacial score (nSPS) is 11.0. The SMILES string of the molecule is Cc1ccc(C(=O)N/N=C/c2cc(-c3ccccc3)n(-c3ccccc3)c2-c2ccccc2)cc1. The number of benzene rings is 4. The van der Waals surface area contributed by atoms with Crippen LogP contribution in [0.5, 0.6) is 0 Å². The topological polar surface area (TPSA) is 46.4 Å². The number of hydrogen-bond acceptors (Lipinski definition) is 2. The predicted molar refractivity (Wildman–Crippen MR) is 143 cm³/mol. The summed E-state index contributed by atoms with van der Waals surface area (Å²) in [5.41, 5.74) is 10.5. The number of aryl methyl sites for hydroxylation is 1. The smallest absolute Gasteiger partial charge is 0.271 e. The third kappa shape index (κ3) is 4.82. The minimum absolute atomic E-state index is 0.242. The summed E-state index contributed by atoms with van der Waals surface area (Å²) in [4.78, 5) is 12.6. The summed E-state index contributed by atoms with van der Waals surface area (Å²) in [5, 5.41) is 4.33. The van der Waals surface area contributed by atoms with E-state index in [9.17, 15) is 4.79 Å². The average Bonchev–Trinajstić information content (AvgIpc) is 3.30. The number of hydrazone groups is 1. The summed E-state index contributed by atoms with van der Waals surface area (Å²) in [7, 11) is 0. The number of hydrogen-bond donors (Lipinski definition) is 1. The Labute approximate surface area is 205 Å². The number of nitrogens with zero attached hydrogens (tertiary/aromatic N) is 2. The zero-order valence-electron chi connectivity index (χ0n) is 19.4. The molecule has 35 heavy (non-hydrogen) atoms. The van der Waals surface area contributed by atoms with Gasteiger partial charge in [0.15, 0.2) is 0 Å². The number of carbonyl (C=O) groups excluding carboxylic acids is 1. The Kier molecular flexibility index (Phi) is 6.35. The summed E-state index contributed by atoms with van der Waals surface area (Å²) in [5.74, 6) is -0.242. The van der Waals surface area contributed by atoms with Gasteiger partial charge in [0.05, 0.1) is 17.6 Å². The summed E-state index contributed by atoms with van der Waals surface area (Å²) in [6, 6.07) is 40.4. The second-order valence-corrected chi connectivity index (χ2v) is 8.30. The molecule has 0 unspecified atom stereocenters. The maximum atomic E-state index is 12.6. The zero-order chi connectivity index (χ0) is 24.0. The number of para-hydroxylation sites is 1. The van der Waals surface area contributed by atoms with Gasteiger partial charge in [0.25, 0.3) is 5.91 Å². The minimum atomic E-state index is -0.242. The number of amides is 1. The molecule has 0 atom stereocenters. The first kappa shape index (κ1) is 22.1. The molecule has 1 N–H and O–H groups in total. The van der Waals surface area contributed by atoms with Gasteiger partial charge < -0.3 is 4.57 Å². The monoisotopic (exact) mass is 455 g/mol. The van der Waals surface area contributed by atoms with Crippen LogP contribution in [0.1, 0.15) is 21.5 Å². The summed E-state index contributed by atoms with van der Waals surface area (Å²) in [6.45, 7) is 1.99. The van der Waals surface area contributed by atoms with Crippen LogP contribution < -0.4 is 5.43 Å². The van der Waals surface area contributed by atoms with Crippen LogP contribution in [0.25, 0.3) is 28.2 Å². The van der Waals surface area contributed by atoms with E-state index in [0.29, 0.717) is 5.56 Å². The Morgan fingerprint density at radius 1 is 0.743 bits per heavy atom. The van der Waals surface area contributed by atoms with Crippen molar-refractivity contribution >= 4 is 12.1 Å². The van der Waals surface area contributed by atoms with Gasteiger partial charge in [0, 0.05) is 16.8 Å². The molecule has 0 saturated carbocycles. The maximum absolute atomic E-state index is 12.6. The molecule has 1 amide bonds. The second-order valence-electron chi connectivity index (χ2n) is 8.30. The lowest BCUT2D eigenvalue weighted by molar-refractivity contribution is 0.0955. The molecule has 4 heteroatoms. The molecule has 0 fully saturated rings. The molecule has 5 aromatic rings. The van der Waals surface area contributed by atoms with Crippen molar-refractivity contribution in [2.24, 2.45) is 5.10 Å². The van der Waals surface area contributed by atoms with Crippen molar-refractivity contribution < 1.29 is 4.79 Å². The second kappa shape index (κ2) is 10.1. The first-order valence-corrected chi connectivity index (χ1v) is 11.5. The predicted octanol–water partition coefficient (Wildman–Crippen LogP) is 6.88. The van der Waals surface area contributed by atoms with Crippen LogP contribution in [0, 0.1) is 6.92 Å². The molecule has 4 aromatic carbocycles. The summed E-state index contributed by atoms with van der Waals surface area (Å²) in [6.07, 6.45) is 1.72. The van der Waals surface area contributed by atoms with Gasteiger partial charge in [-0.3, -0.25) is 4.79 Å². The average molecular weight is 456 g/mol. The Bertz CT molecular complexity index is 1450. The molecule has 170 valence electrons. The number of carbonyl (C=O) groups is 1. The molecule has 4 nitrogen and oxygen atoms in total. The van der Waals surface area contributed by atoms with E-state index in [-0.39, 0.29) is 5.91 Å². The van der Waals surface area contributed by atoms with E-state index in [1.165, 1.54) is 0 Å². The van der Waals surface area contributed by atoms with Gasteiger partial charge in [-0.25, -0.2) is 5.43 Å². The van der Waals surface area contributed by atoms with Crippen molar-refractivity contribution in [1.82, 2.24) is 9.99 Å². The molecule has 0 saturated heterocycles. The van der Waals surface area contributed by atoms with Crippen LogP contribution in [-0.4, -0.2) is 16.7 Å². The Hall–Kier alpha value is -4.70. The van der Waals surface area contributed by atoms with E-state index >= 15 is 0 Å². The fourth-order valence-electron chi connectivity index (χ4n) is 4.12. The van der Waals surface area contributed by atoms with Crippen molar-refractivity contribution in [3.63, 3.8) is 0 Å². The van der Waals surface area contributed by atoms with E-state index in [0.717, 1.165) is 39.3 Å². The highest BCUT2D eigenvalue weighted by Crippen LogP contribution is 2.35. The lowest BCUT2D eigenvalue weighted by Gasteiger charge is -2.15. The van der Waals surface area contributed by atoms with Crippen molar-refractivity contribution in [2.75, 3.05) is 0 Å². The largest absolute Gasteiger partial charge is 0.309 e. The van der Waals surface area contributed by atoms with Gasteiger partial charge in [-0.2, -0.15) is 5.10 Å². The first-order valence-electron chi connectivity index (χ1n) is 11.5. The lowest BCUT2D eigenvalue weighted by atomic mass is 10.1. The van der Waals surface area contributed by atoms with Crippen molar-refractivity contribution in [3.05, 3.63) is 138 Å². The zero-order valence-corrected chi connectivity index (χ0v) is 19.4. The minimum Gasteiger partial charge on any atom is -0.309 e. The molecule has 0 aliphatic carbocycles. The molecule has 0 spiro atoms. The standard InChI is InChI=1S/C31H25N3O/c1-23-17-19-26(20-18-23)31(35)33-32-22-27-21-29(24-11-5-2-6-12-24)34(28-15-9-4-10-16-28)30(27)25-13-7-3-8-14-25/h2-22H,1H3,(H,33,35)/b32-22+. The highest BCUT2D eigenvalue weighted by molar-refractivity contribution is 5.97. The van der Waals surface area contributed by atoms with E-state index < -0.39 is 0 Å². The van der Waals surface area contributed by atoms with Gasteiger partial charge in [-0.15, -0.1) is 0 Å². The van der Waals surface area contributed by atoms with Crippen LogP contribution in [0.3, 0.4) is 0 Å². The highest BCUT2D eigenvalue weighted by atomic mass is 16.2. The summed E-state index contributed by atoms with van der Waals surface area (Å²) >= 11 is 0. The number of aromatic nitrogens is 1. The van der Waals surface area contributed by atoms with Gasteiger partial charge in [-0.1, -0.05) is 96.6 Å². The first-order chi connectivity index (χ1) is 17.2. The van der Waals surface area contributed by atoms with E-state index in [2.05, 4.69) is 57.6 Å². The van der Waals surface area contributed by atoms with Crippen molar-refractivity contribution in [1.29, 1.82) is 0 Å². The van der Waals surface area contributed by atoms with E-state index in [1.54, 1.807) is 18.3 Å². The molecule has 1 aromatic heterocycles. The van der Waals surface area contributed by atoms with Gasteiger partial charge >= 0.3 is 0 Å². The fourth-order valence-corrected chi connectivity index (χ4v) is 4.12. The molecule has 5 rings (SSSR count). The van der Waals surface area contributed by atoms with Gasteiger partial charge in [0.2, 0.25) is 0 Å². The quantitative estimate of drug-likeness (QED) is 0.220. The Balaban J connectivity index is 1.61. The highest BCUT2D eigenvalue weighted by Gasteiger charge is 2.18. The van der Waals surface area contributed by atoms with Crippen LogP contribution in [0.15, 0.2) is 126 Å². The third-order valence-corrected chi connectivity index (χ3v) is 5.84. The van der Waals surface area contributed by atoms with Crippen molar-refractivity contribution in [2.45, 2.75) is 6.92 Å². The number of rotatable bonds is 6. The molecule has 0 radical (unpaired) electrons. The lowest BCUT2D eigenvalue weighted by Crippen LogP contribution is -2.17. The van der Waals surface area contributed by atoms with Gasteiger partial charge in [0.1, 0.15) is 0 Å². The van der Waals surface area contributed by atoms with E-state index in [4.69, 9.17) is 0 Å². The maximum Gasteiger partial charge on any atom is 0.271 e. The Morgan fingerprint density at radius 2 is 1.31 bits per heavy atom. The third-order valence-electron chi connectivity index (χ3n) is 5.84. The molecular formula is C31H25N3O. The van der Waals surface area contributed by atoms with Crippen LogP contribution in [0.2, 0.25) is 0 Å². The van der Waals surface area contributed by atoms with Crippen molar-refractivity contribution in [3.8, 4) is 28.2 Å². The molecule has 1 heterocycles.